The zero-order valence-corrected chi connectivity index (χ0v) is 20.2. The highest BCUT2D eigenvalue weighted by atomic mass is 32.2. The summed E-state index contributed by atoms with van der Waals surface area (Å²) in [4.78, 5) is 22.1. The second kappa shape index (κ2) is 9.79. The third-order valence-corrected chi connectivity index (χ3v) is 7.05. The molecule has 0 amide bonds. The van der Waals surface area contributed by atoms with Crippen LogP contribution in [0.4, 0.5) is 30.2 Å². The number of nitro groups is 1. The summed E-state index contributed by atoms with van der Waals surface area (Å²) >= 11 is 0. The van der Waals surface area contributed by atoms with Crippen LogP contribution in [0.3, 0.4) is 0 Å². The maximum Gasteiger partial charge on any atom is 0.416 e. The molecule has 0 atom stereocenters. The predicted octanol–water partition coefficient (Wildman–Crippen LogP) is 4.15. The van der Waals surface area contributed by atoms with Crippen molar-refractivity contribution >= 4 is 49.0 Å². The standard InChI is InChI=1S/C22H13F3N2O9S2/c23-22(24,25)14-4-2-5-17(12-14)38(33,34)36-19-6-1-3-13-11-18(21(28)35-20(13)19)26(37(31)32)15-7-9-16(10-8-15)27(29)30/h1-12,37H. The van der Waals surface area contributed by atoms with E-state index in [0.29, 0.717) is 16.4 Å². The number of hydrogen-bond acceptors (Lipinski definition) is 9. The minimum Gasteiger partial charge on any atom is -0.417 e. The molecular weight excluding hydrogens is 557 g/mol. The number of para-hydroxylation sites is 1. The maximum absolute atomic E-state index is 13.0. The Bertz CT molecular complexity index is 1790. The minimum atomic E-state index is -4.82. The third kappa shape index (κ3) is 5.30. The van der Waals surface area contributed by atoms with Gasteiger partial charge in [0.15, 0.2) is 11.3 Å². The lowest BCUT2D eigenvalue weighted by atomic mass is 10.2. The van der Waals surface area contributed by atoms with Crippen molar-refractivity contribution in [2.24, 2.45) is 0 Å². The lowest BCUT2D eigenvalue weighted by molar-refractivity contribution is -0.384. The first-order valence-corrected chi connectivity index (χ1v) is 12.7. The second-order valence-corrected chi connectivity index (χ2v) is 9.90. The zero-order valence-electron chi connectivity index (χ0n) is 18.5. The Kier molecular flexibility index (Phi) is 6.86. The minimum absolute atomic E-state index is 0.0000962. The third-order valence-electron chi connectivity index (χ3n) is 5.05. The quantitative estimate of drug-likeness (QED) is 0.113. The number of thiol groups is 1. The average Bonchev–Trinajstić information content (AvgIpc) is 2.84. The molecule has 0 fully saturated rings. The molecule has 4 rings (SSSR count). The number of non-ortho nitro benzene ring substituents is 1. The van der Waals surface area contributed by atoms with E-state index in [2.05, 4.69) is 0 Å². The van der Waals surface area contributed by atoms with E-state index >= 15 is 0 Å². The second-order valence-electron chi connectivity index (χ2n) is 7.48. The Hall–Kier alpha value is -4.44. The Balaban J connectivity index is 1.77. The van der Waals surface area contributed by atoms with E-state index in [-0.39, 0.29) is 16.8 Å². The van der Waals surface area contributed by atoms with Gasteiger partial charge >= 0.3 is 21.9 Å². The van der Waals surface area contributed by atoms with Crippen molar-refractivity contribution in [1.82, 2.24) is 0 Å². The molecule has 0 unspecified atom stereocenters. The number of anilines is 2. The summed E-state index contributed by atoms with van der Waals surface area (Å²) in [6.07, 6.45) is -4.81. The first kappa shape index (κ1) is 26.6. The van der Waals surface area contributed by atoms with Crippen LogP contribution in [0.1, 0.15) is 5.56 Å². The number of alkyl halides is 3. The van der Waals surface area contributed by atoms with Gasteiger partial charge in [0, 0.05) is 17.5 Å². The molecule has 11 nitrogen and oxygen atoms in total. The highest BCUT2D eigenvalue weighted by molar-refractivity contribution is 7.87. The Labute approximate surface area is 212 Å². The molecule has 0 aliphatic heterocycles. The van der Waals surface area contributed by atoms with Gasteiger partial charge in [0.25, 0.3) is 5.69 Å². The van der Waals surface area contributed by atoms with Gasteiger partial charge in [-0.25, -0.2) is 17.5 Å². The van der Waals surface area contributed by atoms with Gasteiger partial charge in [-0.15, -0.1) is 0 Å². The fourth-order valence-corrected chi connectivity index (χ4v) is 4.97. The molecule has 3 aromatic carbocycles. The number of nitrogens with zero attached hydrogens (tertiary/aromatic N) is 2. The van der Waals surface area contributed by atoms with E-state index < -0.39 is 65.2 Å². The summed E-state index contributed by atoms with van der Waals surface area (Å²) in [5, 5.41) is 10.9. The van der Waals surface area contributed by atoms with Gasteiger partial charge in [0.05, 0.1) is 16.2 Å². The number of hydrogen-bond donors (Lipinski definition) is 1. The highest BCUT2D eigenvalue weighted by Gasteiger charge is 2.32. The Morgan fingerprint density at radius 1 is 0.974 bits per heavy atom. The fourth-order valence-electron chi connectivity index (χ4n) is 3.35. The zero-order chi connectivity index (χ0) is 27.8. The lowest BCUT2D eigenvalue weighted by Gasteiger charge is -2.17. The summed E-state index contributed by atoms with van der Waals surface area (Å²) in [6, 6.07) is 11.8. The van der Waals surface area contributed by atoms with Crippen LogP contribution in [-0.4, -0.2) is 21.8 Å². The summed E-state index contributed by atoms with van der Waals surface area (Å²) in [5.74, 6) is -0.544. The molecule has 0 saturated heterocycles. The first-order chi connectivity index (χ1) is 17.8. The van der Waals surface area contributed by atoms with Crippen LogP contribution in [0.5, 0.6) is 5.75 Å². The maximum atomic E-state index is 13.0. The normalized spacial score (nSPS) is 12.0. The van der Waals surface area contributed by atoms with E-state index in [4.69, 9.17) is 8.60 Å². The molecule has 0 radical (unpaired) electrons. The molecule has 1 heterocycles. The molecule has 198 valence electrons. The SMILES string of the molecule is O=c1oc2c(OS(=O)(=O)c3cccc(C(F)(F)F)c3)cccc2cc1N(c1ccc([N+](=O)[O-])cc1)[SH](=O)=O. The van der Waals surface area contributed by atoms with Crippen molar-refractivity contribution in [2.75, 3.05) is 4.31 Å². The molecule has 0 spiro atoms. The predicted molar refractivity (Wildman–Crippen MR) is 127 cm³/mol. The van der Waals surface area contributed by atoms with Gasteiger partial charge in [-0.05, 0) is 42.5 Å². The molecule has 0 N–H and O–H groups in total. The number of benzene rings is 3. The van der Waals surface area contributed by atoms with Crippen LogP contribution < -0.4 is 14.1 Å². The van der Waals surface area contributed by atoms with Gasteiger partial charge in [-0.3, -0.25) is 10.1 Å². The molecule has 0 saturated carbocycles. The molecule has 38 heavy (non-hydrogen) atoms. The Morgan fingerprint density at radius 2 is 1.63 bits per heavy atom. The average molecular weight is 570 g/mol. The van der Waals surface area contributed by atoms with Crippen molar-refractivity contribution in [3.63, 3.8) is 0 Å². The van der Waals surface area contributed by atoms with Crippen LogP contribution in [0.15, 0.2) is 86.9 Å². The van der Waals surface area contributed by atoms with Crippen molar-refractivity contribution in [3.05, 3.63) is 98.9 Å². The Morgan fingerprint density at radius 3 is 2.24 bits per heavy atom. The molecule has 16 heteroatoms. The van der Waals surface area contributed by atoms with Crippen molar-refractivity contribution < 1.29 is 43.5 Å². The van der Waals surface area contributed by atoms with E-state index in [1.807, 2.05) is 0 Å². The number of fused-ring (bicyclic) bond motifs is 1. The van der Waals surface area contributed by atoms with E-state index in [1.165, 1.54) is 12.1 Å². The monoisotopic (exact) mass is 570 g/mol. The van der Waals surface area contributed by atoms with Crippen molar-refractivity contribution in [3.8, 4) is 5.75 Å². The largest absolute Gasteiger partial charge is 0.417 e. The van der Waals surface area contributed by atoms with Crippen LogP contribution in [0.25, 0.3) is 11.0 Å². The van der Waals surface area contributed by atoms with Gasteiger partial charge in [0.2, 0.25) is 10.9 Å². The lowest BCUT2D eigenvalue weighted by Crippen LogP contribution is -2.21. The van der Waals surface area contributed by atoms with Gasteiger partial charge in [-0.1, -0.05) is 18.2 Å². The topological polar surface area (TPSA) is 154 Å². The number of rotatable bonds is 7. The molecule has 0 aliphatic rings. The molecule has 1 aromatic heterocycles. The summed E-state index contributed by atoms with van der Waals surface area (Å²) in [5.41, 5.74) is -3.89. The first-order valence-electron chi connectivity index (χ1n) is 10.2. The summed E-state index contributed by atoms with van der Waals surface area (Å²) in [7, 11) is -8.32. The summed E-state index contributed by atoms with van der Waals surface area (Å²) < 4.78 is 99.0. The van der Waals surface area contributed by atoms with E-state index in [1.54, 1.807) is 0 Å². The van der Waals surface area contributed by atoms with Crippen LogP contribution in [-0.2, 0) is 27.2 Å². The van der Waals surface area contributed by atoms with Gasteiger partial charge in [-0.2, -0.15) is 21.6 Å². The molecule has 0 bridgehead atoms. The smallest absolute Gasteiger partial charge is 0.416 e. The summed E-state index contributed by atoms with van der Waals surface area (Å²) in [6.45, 7) is 0. The van der Waals surface area contributed by atoms with E-state index in [0.717, 1.165) is 48.5 Å². The van der Waals surface area contributed by atoms with Gasteiger partial charge < -0.3 is 8.60 Å². The van der Waals surface area contributed by atoms with E-state index in [9.17, 15) is 44.9 Å². The van der Waals surface area contributed by atoms with Crippen LogP contribution in [0, 0.1) is 10.1 Å². The molecule has 4 aromatic rings. The van der Waals surface area contributed by atoms with Crippen LogP contribution >= 0.6 is 0 Å². The molecule has 0 aliphatic carbocycles. The van der Waals surface area contributed by atoms with Crippen molar-refractivity contribution in [1.29, 1.82) is 0 Å². The van der Waals surface area contributed by atoms with Crippen LogP contribution in [0.2, 0.25) is 0 Å². The van der Waals surface area contributed by atoms with Gasteiger partial charge in [0.1, 0.15) is 10.6 Å². The number of nitro benzene ring substituents is 1. The van der Waals surface area contributed by atoms with Crippen molar-refractivity contribution in [2.45, 2.75) is 11.1 Å². The highest BCUT2D eigenvalue weighted by Crippen LogP contribution is 2.34. The molecular formula is C22H13F3N2O9S2. The number of halogens is 3. The fraction of sp³-hybridized carbons (Fsp3) is 0.0455.